The number of benzene rings is 1. The fraction of sp³-hybridized carbons (Fsp3) is 0.600. The molecule has 5 atom stereocenters. The number of hydrogen-bond donors (Lipinski definition) is 0. The summed E-state index contributed by atoms with van der Waals surface area (Å²) in [5.41, 5.74) is 1.09. The lowest BCUT2D eigenvalue weighted by atomic mass is 10.1. The van der Waals surface area contributed by atoms with Crippen molar-refractivity contribution in [3.05, 3.63) is 35.9 Å². The van der Waals surface area contributed by atoms with Crippen LogP contribution >= 0.6 is 0 Å². The van der Waals surface area contributed by atoms with Gasteiger partial charge in [-0.1, -0.05) is 37.3 Å². The molecule has 0 amide bonds. The molecule has 1 aromatic carbocycles. The molecular formula is C15H19FO4. The summed E-state index contributed by atoms with van der Waals surface area (Å²) < 4.78 is 35.2. The van der Waals surface area contributed by atoms with E-state index in [1.54, 1.807) is 0 Å². The average molecular weight is 282 g/mol. The van der Waals surface area contributed by atoms with E-state index in [2.05, 4.69) is 0 Å². The highest BCUT2D eigenvalue weighted by Crippen LogP contribution is 2.35. The highest BCUT2D eigenvalue weighted by Gasteiger charge is 2.52. The van der Waals surface area contributed by atoms with Crippen LogP contribution in [0.5, 0.6) is 0 Å². The molecule has 4 nitrogen and oxygen atoms in total. The van der Waals surface area contributed by atoms with Gasteiger partial charge in [-0.3, -0.25) is 0 Å². The van der Waals surface area contributed by atoms with E-state index in [-0.39, 0.29) is 18.3 Å². The highest BCUT2D eigenvalue weighted by atomic mass is 19.1. The Kier molecular flexibility index (Phi) is 4.31. The minimum absolute atomic E-state index is 0.0747. The van der Waals surface area contributed by atoms with Gasteiger partial charge in [0.15, 0.2) is 12.6 Å². The molecule has 1 unspecified atom stereocenters. The van der Waals surface area contributed by atoms with Crippen molar-refractivity contribution in [2.75, 3.05) is 6.67 Å². The van der Waals surface area contributed by atoms with Crippen LogP contribution in [-0.2, 0) is 25.6 Å². The number of hydrogen-bond acceptors (Lipinski definition) is 4. The summed E-state index contributed by atoms with van der Waals surface area (Å²) in [6.45, 7) is 1.84. The zero-order valence-electron chi connectivity index (χ0n) is 11.4. The van der Waals surface area contributed by atoms with Gasteiger partial charge in [-0.25, -0.2) is 4.39 Å². The first-order chi connectivity index (χ1) is 9.81. The Morgan fingerprint density at radius 2 is 1.95 bits per heavy atom. The maximum absolute atomic E-state index is 12.6. The number of rotatable bonds is 5. The van der Waals surface area contributed by atoms with Crippen molar-refractivity contribution in [3.63, 3.8) is 0 Å². The van der Waals surface area contributed by atoms with E-state index >= 15 is 0 Å². The first kappa shape index (κ1) is 13.9. The molecule has 2 aliphatic rings. The van der Waals surface area contributed by atoms with Crippen LogP contribution in [0.15, 0.2) is 30.3 Å². The number of halogens is 1. The molecule has 2 saturated heterocycles. The maximum atomic E-state index is 12.6. The van der Waals surface area contributed by atoms with Crippen LogP contribution in [0.3, 0.4) is 0 Å². The van der Waals surface area contributed by atoms with Crippen molar-refractivity contribution in [2.45, 2.75) is 50.8 Å². The first-order valence-electron chi connectivity index (χ1n) is 6.99. The molecule has 20 heavy (non-hydrogen) atoms. The molecule has 5 heteroatoms. The molecular weight excluding hydrogens is 263 g/mol. The summed E-state index contributed by atoms with van der Waals surface area (Å²) in [6.07, 6.45) is -1.17. The predicted octanol–water partition coefficient (Wildman–Crippen LogP) is 2.42. The van der Waals surface area contributed by atoms with E-state index in [4.69, 9.17) is 18.9 Å². The summed E-state index contributed by atoms with van der Waals surface area (Å²) in [5.74, 6) is 0. The van der Waals surface area contributed by atoms with E-state index in [1.165, 1.54) is 0 Å². The average Bonchev–Trinajstić information content (AvgIpc) is 3.03. The first-order valence-corrected chi connectivity index (χ1v) is 6.99. The standard InChI is InChI=1S/C15H19FO4/c1-2-11-13(17-9-10-6-4-3-5-7-10)14-15(18-11)20-12(8-16)19-14/h3-7,11-15H,2,8-9H2,1H3/t11-,12?,13+,14-,15-/m1/s1. The van der Waals surface area contributed by atoms with Gasteiger partial charge in [0.05, 0.1) is 12.7 Å². The smallest absolute Gasteiger partial charge is 0.190 e. The van der Waals surface area contributed by atoms with Gasteiger partial charge in [-0.15, -0.1) is 0 Å². The Hall–Kier alpha value is -1.01. The van der Waals surface area contributed by atoms with Crippen LogP contribution in [0.2, 0.25) is 0 Å². The topological polar surface area (TPSA) is 36.9 Å². The molecule has 0 bridgehead atoms. The van der Waals surface area contributed by atoms with E-state index in [9.17, 15) is 4.39 Å². The van der Waals surface area contributed by atoms with Crippen molar-refractivity contribution in [1.82, 2.24) is 0 Å². The van der Waals surface area contributed by atoms with Gasteiger partial charge in [-0.2, -0.15) is 0 Å². The fourth-order valence-electron chi connectivity index (χ4n) is 2.67. The van der Waals surface area contributed by atoms with Crippen LogP contribution < -0.4 is 0 Å². The van der Waals surface area contributed by atoms with Gasteiger partial charge in [0.1, 0.15) is 18.9 Å². The number of alkyl halides is 1. The highest BCUT2D eigenvalue weighted by molar-refractivity contribution is 5.13. The van der Waals surface area contributed by atoms with Crippen molar-refractivity contribution < 1.29 is 23.3 Å². The van der Waals surface area contributed by atoms with Crippen LogP contribution in [0, 0.1) is 0 Å². The van der Waals surface area contributed by atoms with Crippen LogP contribution in [0.25, 0.3) is 0 Å². The van der Waals surface area contributed by atoms with Gasteiger partial charge < -0.3 is 18.9 Å². The van der Waals surface area contributed by atoms with Crippen molar-refractivity contribution in [3.8, 4) is 0 Å². The third-order valence-electron chi connectivity index (χ3n) is 3.68. The molecule has 0 N–H and O–H groups in total. The summed E-state index contributed by atoms with van der Waals surface area (Å²) in [7, 11) is 0. The van der Waals surface area contributed by atoms with Gasteiger partial charge >= 0.3 is 0 Å². The summed E-state index contributed by atoms with van der Waals surface area (Å²) >= 11 is 0. The number of ether oxygens (including phenoxy) is 4. The van der Waals surface area contributed by atoms with Gasteiger partial charge in [-0.05, 0) is 12.0 Å². The lowest BCUT2D eigenvalue weighted by Gasteiger charge is -2.22. The molecule has 110 valence electrons. The second-order valence-corrected chi connectivity index (χ2v) is 5.03. The summed E-state index contributed by atoms with van der Waals surface area (Å²) in [4.78, 5) is 0. The van der Waals surface area contributed by atoms with Crippen LogP contribution in [-0.4, -0.2) is 37.6 Å². The predicted molar refractivity (Wildman–Crippen MR) is 69.7 cm³/mol. The minimum atomic E-state index is -0.828. The molecule has 2 heterocycles. The second-order valence-electron chi connectivity index (χ2n) is 5.03. The Labute approximate surface area is 117 Å². The van der Waals surface area contributed by atoms with E-state index in [0.29, 0.717) is 6.61 Å². The lowest BCUT2D eigenvalue weighted by Crippen LogP contribution is -2.35. The molecule has 0 spiro atoms. The van der Waals surface area contributed by atoms with Gasteiger partial charge in [0.2, 0.25) is 0 Å². The molecule has 0 saturated carbocycles. The second kappa shape index (κ2) is 6.18. The Morgan fingerprint density at radius 1 is 1.15 bits per heavy atom. The molecule has 2 fully saturated rings. The monoisotopic (exact) mass is 282 g/mol. The molecule has 0 aliphatic carbocycles. The summed E-state index contributed by atoms with van der Waals surface area (Å²) in [6, 6.07) is 9.92. The molecule has 0 radical (unpaired) electrons. The Bertz CT molecular complexity index is 427. The fourth-order valence-corrected chi connectivity index (χ4v) is 2.67. The lowest BCUT2D eigenvalue weighted by molar-refractivity contribution is -0.178. The SMILES string of the molecule is CC[C@H]1O[C@@H]2OC(CF)O[C@@H]2[C@H]1OCc1ccccc1. The molecule has 1 aromatic rings. The van der Waals surface area contributed by atoms with Gasteiger partial charge in [0.25, 0.3) is 0 Å². The van der Waals surface area contributed by atoms with Crippen molar-refractivity contribution in [1.29, 1.82) is 0 Å². The van der Waals surface area contributed by atoms with E-state index in [0.717, 1.165) is 12.0 Å². The number of fused-ring (bicyclic) bond motifs is 1. The zero-order chi connectivity index (χ0) is 13.9. The maximum Gasteiger partial charge on any atom is 0.190 e. The molecule has 0 aromatic heterocycles. The van der Waals surface area contributed by atoms with Crippen LogP contribution in [0.4, 0.5) is 4.39 Å². The molecule has 2 aliphatic heterocycles. The largest absolute Gasteiger partial charge is 0.368 e. The Balaban J connectivity index is 1.63. The zero-order valence-corrected chi connectivity index (χ0v) is 11.4. The quantitative estimate of drug-likeness (QED) is 0.831. The summed E-state index contributed by atoms with van der Waals surface area (Å²) in [5, 5.41) is 0. The van der Waals surface area contributed by atoms with Crippen molar-refractivity contribution in [2.24, 2.45) is 0 Å². The van der Waals surface area contributed by atoms with Crippen LogP contribution in [0.1, 0.15) is 18.9 Å². The van der Waals surface area contributed by atoms with Crippen molar-refractivity contribution >= 4 is 0 Å². The Morgan fingerprint density at radius 3 is 2.65 bits per heavy atom. The molecule has 3 rings (SSSR count). The van der Waals surface area contributed by atoms with E-state index in [1.807, 2.05) is 37.3 Å². The van der Waals surface area contributed by atoms with E-state index < -0.39 is 19.3 Å². The van der Waals surface area contributed by atoms with Gasteiger partial charge in [0, 0.05) is 0 Å². The normalized spacial score (nSPS) is 36.2. The minimum Gasteiger partial charge on any atom is -0.368 e. The third-order valence-corrected chi connectivity index (χ3v) is 3.68. The third kappa shape index (κ3) is 2.72.